The number of pyridine rings is 1. The lowest BCUT2D eigenvalue weighted by molar-refractivity contribution is 0.270. The van der Waals surface area contributed by atoms with Gasteiger partial charge < -0.3 is 5.32 Å². The quantitative estimate of drug-likeness (QED) is 0.873. The highest BCUT2D eigenvalue weighted by atomic mass is 35.5. The maximum absolute atomic E-state index is 14.1. The number of nitrogens with zero attached hydrogens (tertiary/aromatic N) is 2. The molecule has 1 aromatic heterocycles. The van der Waals surface area contributed by atoms with Gasteiger partial charge in [0, 0.05) is 37.1 Å². The smallest absolute Gasteiger partial charge is 0.246 e. The number of halogens is 3. The molecule has 3 rings (SSSR count). The van der Waals surface area contributed by atoms with Crippen LogP contribution in [0, 0.1) is 5.82 Å². The second kappa shape index (κ2) is 7.76. The molecular formula is C15H16Cl2FN3O2S. The predicted octanol–water partition coefficient (Wildman–Crippen LogP) is 2.63. The van der Waals surface area contributed by atoms with Crippen molar-refractivity contribution in [1.82, 2.24) is 14.6 Å². The third kappa shape index (κ3) is 3.70. The zero-order valence-corrected chi connectivity index (χ0v) is 14.9. The first-order valence-electron chi connectivity index (χ1n) is 7.07. The monoisotopic (exact) mass is 391 g/mol. The van der Waals surface area contributed by atoms with Crippen molar-refractivity contribution in [1.29, 1.82) is 0 Å². The molecule has 2 aromatic rings. The Morgan fingerprint density at radius 2 is 2.12 bits per heavy atom. The van der Waals surface area contributed by atoms with E-state index >= 15 is 0 Å². The molecule has 0 bridgehead atoms. The average Bonchev–Trinajstić information content (AvgIpc) is 2.58. The van der Waals surface area contributed by atoms with Crippen LogP contribution in [0.15, 0.2) is 47.6 Å². The summed E-state index contributed by atoms with van der Waals surface area (Å²) in [6.07, 6.45) is 3.24. The highest BCUT2D eigenvalue weighted by Gasteiger charge is 2.36. The summed E-state index contributed by atoms with van der Waals surface area (Å²) >= 11 is 5.84. The van der Waals surface area contributed by atoms with Crippen molar-refractivity contribution in [3.63, 3.8) is 0 Å². The van der Waals surface area contributed by atoms with Gasteiger partial charge >= 0.3 is 0 Å². The average molecular weight is 392 g/mol. The maximum atomic E-state index is 14.1. The van der Waals surface area contributed by atoms with Gasteiger partial charge in [0.1, 0.15) is 10.7 Å². The Hall–Kier alpha value is -1.25. The van der Waals surface area contributed by atoms with E-state index in [1.54, 1.807) is 18.5 Å². The third-order valence-electron chi connectivity index (χ3n) is 3.74. The molecule has 1 N–H and O–H groups in total. The maximum Gasteiger partial charge on any atom is 0.246 e. The first-order chi connectivity index (χ1) is 11.0. The molecule has 130 valence electrons. The van der Waals surface area contributed by atoms with Crippen molar-refractivity contribution in [3.05, 3.63) is 59.1 Å². The lowest BCUT2D eigenvalue weighted by Gasteiger charge is -2.35. The Morgan fingerprint density at radius 1 is 1.33 bits per heavy atom. The molecule has 1 aromatic carbocycles. The van der Waals surface area contributed by atoms with Gasteiger partial charge in [-0.2, -0.15) is 4.31 Å². The molecule has 5 nitrogen and oxygen atoms in total. The van der Waals surface area contributed by atoms with Gasteiger partial charge in [0.15, 0.2) is 0 Å². The van der Waals surface area contributed by atoms with Crippen molar-refractivity contribution in [3.8, 4) is 0 Å². The van der Waals surface area contributed by atoms with Gasteiger partial charge in [-0.15, -0.1) is 12.4 Å². The van der Waals surface area contributed by atoms with E-state index in [0.717, 1.165) is 17.7 Å². The summed E-state index contributed by atoms with van der Waals surface area (Å²) in [5.74, 6) is -0.808. The first kappa shape index (κ1) is 19.1. The zero-order chi connectivity index (χ0) is 16.4. The van der Waals surface area contributed by atoms with E-state index in [1.165, 1.54) is 10.4 Å². The van der Waals surface area contributed by atoms with E-state index in [1.807, 2.05) is 6.07 Å². The predicted molar refractivity (Wildman–Crippen MR) is 92.4 cm³/mol. The van der Waals surface area contributed by atoms with E-state index in [4.69, 9.17) is 11.6 Å². The van der Waals surface area contributed by atoms with E-state index in [9.17, 15) is 12.8 Å². The molecule has 2 heterocycles. The Balaban J connectivity index is 0.00000208. The standard InChI is InChI=1S/C15H15ClFN3O2S.ClH/c16-12-3-4-13(17)15(8-12)23(21,22)20-7-6-19-10-14(20)11-2-1-5-18-9-11;/h1-5,8-9,14,19H,6-7,10H2;1H. The molecule has 0 saturated carbocycles. The van der Waals surface area contributed by atoms with Gasteiger partial charge in [0.05, 0.1) is 6.04 Å². The molecule has 24 heavy (non-hydrogen) atoms. The minimum absolute atomic E-state index is 0. The molecule has 1 aliphatic heterocycles. The van der Waals surface area contributed by atoms with Crippen LogP contribution in [0.1, 0.15) is 11.6 Å². The number of nitrogens with one attached hydrogen (secondary N) is 1. The Bertz CT molecular complexity index is 806. The van der Waals surface area contributed by atoms with E-state index in [-0.39, 0.29) is 24.0 Å². The number of hydrogen-bond donors (Lipinski definition) is 1. The van der Waals surface area contributed by atoms with Crippen molar-refractivity contribution >= 4 is 34.0 Å². The molecule has 1 fully saturated rings. The van der Waals surface area contributed by atoms with Crippen LogP contribution in [0.3, 0.4) is 0 Å². The SMILES string of the molecule is Cl.O=S(=O)(c1cc(Cl)ccc1F)N1CCNCC1c1cccnc1. The third-order valence-corrected chi connectivity index (χ3v) is 5.90. The summed E-state index contributed by atoms with van der Waals surface area (Å²) in [5.41, 5.74) is 0.755. The van der Waals surface area contributed by atoms with Gasteiger partial charge in [-0.1, -0.05) is 17.7 Å². The number of sulfonamides is 1. The summed E-state index contributed by atoms with van der Waals surface area (Å²) < 4.78 is 41.2. The number of piperazine rings is 1. The number of hydrogen-bond acceptors (Lipinski definition) is 4. The lowest BCUT2D eigenvalue weighted by Crippen LogP contribution is -2.48. The summed E-state index contributed by atoms with van der Waals surface area (Å²) in [7, 11) is -4.01. The van der Waals surface area contributed by atoms with Crippen molar-refractivity contribution in [2.75, 3.05) is 19.6 Å². The Morgan fingerprint density at radius 3 is 2.83 bits per heavy atom. The van der Waals surface area contributed by atoms with Crippen LogP contribution < -0.4 is 5.32 Å². The topological polar surface area (TPSA) is 62.3 Å². The van der Waals surface area contributed by atoms with Gasteiger partial charge in [-0.3, -0.25) is 4.98 Å². The van der Waals surface area contributed by atoms with Crippen LogP contribution in [-0.2, 0) is 10.0 Å². The fourth-order valence-corrected chi connectivity index (χ4v) is 4.57. The second-order valence-corrected chi connectivity index (χ2v) is 7.49. The zero-order valence-electron chi connectivity index (χ0n) is 12.5. The molecule has 0 spiro atoms. The molecule has 9 heteroatoms. The highest BCUT2D eigenvalue weighted by Crippen LogP contribution is 2.30. The van der Waals surface area contributed by atoms with E-state index in [2.05, 4.69) is 10.3 Å². The van der Waals surface area contributed by atoms with Crippen molar-refractivity contribution in [2.24, 2.45) is 0 Å². The number of rotatable bonds is 3. The van der Waals surface area contributed by atoms with Gasteiger partial charge in [-0.05, 0) is 29.8 Å². The molecule has 0 radical (unpaired) electrons. The lowest BCUT2D eigenvalue weighted by atomic mass is 10.1. The minimum atomic E-state index is -4.01. The molecular weight excluding hydrogens is 376 g/mol. The molecule has 0 aliphatic carbocycles. The van der Waals surface area contributed by atoms with Crippen LogP contribution in [0.2, 0.25) is 5.02 Å². The normalized spacial score (nSPS) is 18.8. The van der Waals surface area contributed by atoms with Crippen LogP contribution in [0.25, 0.3) is 0 Å². The van der Waals surface area contributed by atoms with Crippen LogP contribution >= 0.6 is 24.0 Å². The van der Waals surface area contributed by atoms with Gasteiger partial charge in [0.25, 0.3) is 0 Å². The van der Waals surface area contributed by atoms with Gasteiger partial charge in [0.2, 0.25) is 10.0 Å². The number of aromatic nitrogens is 1. The fraction of sp³-hybridized carbons (Fsp3) is 0.267. The van der Waals surface area contributed by atoms with Crippen LogP contribution in [0.4, 0.5) is 4.39 Å². The summed E-state index contributed by atoms with van der Waals surface area (Å²) in [6, 6.07) is 6.65. The Labute approximate surface area is 151 Å². The fourth-order valence-electron chi connectivity index (χ4n) is 2.63. The van der Waals surface area contributed by atoms with Crippen LogP contribution in [0.5, 0.6) is 0 Å². The van der Waals surface area contributed by atoms with Crippen molar-refractivity contribution in [2.45, 2.75) is 10.9 Å². The first-order valence-corrected chi connectivity index (χ1v) is 8.89. The molecule has 1 atom stereocenters. The van der Waals surface area contributed by atoms with Crippen molar-refractivity contribution < 1.29 is 12.8 Å². The summed E-state index contributed by atoms with van der Waals surface area (Å²) in [6.45, 7) is 1.18. The molecule has 1 aliphatic rings. The molecule has 0 amide bonds. The van der Waals surface area contributed by atoms with E-state index in [0.29, 0.717) is 13.1 Å². The van der Waals surface area contributed by atoms with Crippen LogP contribution in [-0.4, -0.2) is 37.3 Å². The highest BCUT2D eigenvalue weighted by molar-refractivity contribution is 7.89. The summed E-state index contributed by atoms with van der Waals surface area (Å²) in [4.78, 5) is 3.63. The molecule has 1 saturated heterocycles. The van der Waals surface area contributed by atoms with E-state index < -0.39 is 26.8 Å². The molecule has 1 unspecified atom stereocenters. The summed E-state index contributed by atoms with van der Waals surface area (Å²) in [5, 5.41) is 3.34. The second-order valence-electron chi connectivity index (χ2n) is 5.20. The number of benzene rings is 1. The largest absolute Gasteiger partial charge is 0.313 e. The Kier molecular flexibility index (Phi) is 6.17. The minimum Gasteiger partial charge on any atom is -0.313 e. The van der Waals surface area contributed by atoms with Gasteiger partial charge in [-0.25, -0.2) is 12.8 Å².